The highest BCUT2D eigenvalue weighted by atomic mass is 35.5. The van der Waals surface area contributed by atoms with E-state index in [1.54, 1.807) is 16.8 Å². The zero-order valence-electron chi connectivity index (χ0n) is 14.3. The molecule has 4 rings (SSSR count). The predicted octanol–water partition coefficient (Wildman–Crippen LogP) is 2.89. The number of morpholine rings is 1. The van der Waals surface area contributed by atoms with E-state index in [1.807, 2.05) is 6.07 Å². The van der Waals surface area contributed by atoms with Gasteiger partial charge in [0.05, 0.1) is 22.4 Å². The number of halogens is 1. The van der Waals surface area contributed by atoms with E-state index in [0.29, 0.717) is 22.6 Å². The van der Waals surface area contributed by atoms with Gasteiger partial charge in [-0.25, -0.2) is 9.97 Å². The Morgan fingerprint density at radius 1 is 1.04 bits per heavy atom. The van der Waals surface area contributed by atoms with Crippen molar-refractivity contribution in [1.29, 1.82) is 0 Å². The Bertz CT molecular complexity index is 995. The summed E-state index contributed by atoms with van der Waals surface area (Å²) in [5.41, 5.74) is 5.21. The number of amides is 2. The smallest absolute Gasteiger partial charge is 0.289 e. The van der Waals surface area contributed by atoms with E-state index in [0.717, 1.165) is 23.1 Å². The van der Waals surface area contributed by atoms with Gasteiger partial charge in [0, 0.05) is 23.8 Å². The molecule has 28 heavy (non-hydrogen) atoms. The third-order valence-electron chi connectivity index (χ3n) is 3.82. The first-order valence-electron chi connectivity index (χ1n) is 8.20. The average molecular weight is 456 g/mol. The van der Waals surface area contributed by atoms with Gasteiger partial charge in [-0.3, -0.25) is 20.4 Å². The molecule has 1 aliphatic heterocycles. The molecule has 4 heterocycles. The second-order valence-corrected chi connectivity index (χ2v) is 9.07. The van der Waals surface area contributed by atoms with Gasteiger partial charge in [0.15, 0.2) is 5.13 Å². The fourth-order valence-electron chi connectivity index (χ4n) is 2.43. The Balaban J connectivity index is 1.34. The van der Waals surface area contributed by atoms with E-state index >= 15 is 0 Å². The Morgan fingerprint density at radius 2 is 1.71 bits per heavy atom. The molecule has 2 N–H and O–H groups in total. The number of ether oxygens (including phenoxy) is 1. The number of hydrazine groups is 1. The Kier molecular flexibility index (Phi) is 5.87. The first-order chi connectivity index (χ1) is 13.6. The average Bonchev–Trinajstić information content (AvgIpc) is 3.46. The molecule has 12 heteroatoms. The minimum atomic E-state index is -0.498. The van der Waals surface area contributed by atoms with E-state index in [2.05, 4.69) is 25.7 Å². The van der Waals surface area contributed by atoms with E-state index in [-0.39, 0.29) is 11.4 Å². The third-order valence-corrected chi connectivity index (χ3v) is 6.96. The van der Waals surface area contributed by atoms with Crippen molar-refractivity contribution in [3.8, 4) is 9.88 Å². The van der Waals surface area contributed by atoms with Crippen LogP contribution in [0.1, 0.15) is 21.0 Å². The van der Waals surface area contributed by atoms with Crippen molar-refractivity contribution in [2.45, 2.75) is 0 Å². The number of aromatic nitrogens is 2. The van der Waals surface area contributed by atoms with Crippen molar-refractivity contribution >= 4 is 62.6 Å². The van der Waals surface area contributed by atoms with Crippen LogP contribution in [0.3, 0.4) is 0 Å². The summed E-state index contributed by atoms with van der Waals surface area (Å²) >= 11 is 10.0. The van der Waals surface area contributed by atoms with Crippen LogP contribution in [0.15, 0.2) is 22.9 Å². The Hall–Kier alpha value is -2.05. The van der Waals surface area contributed by atoms with Gasteiger partial charge < -0.3 is 9.64 Å². The number of carbonyl (C=O) groups is 2. The van der Waals surface area contributed by atoms with Gasteiger partial charge in [0.2, 0.25) is 0 Å². The van der Waals surface area contributed by atoms with Crippen LogP contribution in [0.25, 0.3) is 9.88 Å². The maximum absolute atomic E-state index is 12.3. The number of thiophene rings is 1. The molecule has 146 valence electrons. The minimum Gasteiger partial charge on any atom is -0.378 e. The Labute approximate surface area is 177 Å². The van der Waals surface area contributed by atoms with Gasteiger partial charge in [-0.15, -0.1) is 34.0 Å². The summed E-state index contributed by atoms with van der Waals surface area (Å²) in [6.07, 6.45) is 0. The lowest BCUT2D eigenvalue weighted by Crippen LogP contribution is -2.42. The summed E-state index contributed by atoms with van der Waals surface area (Å²) in [6.45, 7) is 2.77. The van der Waals surface area contributed by atoms with Crippen molar-refractivity contribution in [1.82, 2.24) is 20.8 Å². The van der Waals surface area contributed by atoms with Crippen LogP contribution in [0, 0.1) is 0 Å². The molecular formula is C16H14ClN5O3S3. The SMILES string of the molecule is O=C(NNC(=O)c1csc(N2CCOCC2)n1)c1csc(-c2ccc(Cl)s2)n1. The maximum atomic E-state index is 12.3. The van der Waals surface area contributed by atoms with Gasteiger partial charge in [-0.05, 0) is 12.1 Å². The molecule has 8 nitrogen and oxygen atoms in total. The zero-order valence-corrected chi connectivity index (χ0v) is 17.5. The largest absolute Gasteiger partial charge is 0.378 e. The number of thiazole rings is 2. The van der Waals surface area contributed by atoms with E-state index < -0.39 is 11.8 Å². The normalized spacial score (nSPS) is 14.1. The number of carbonyl (C=O) groups excluding carboxylic acids is 2. The lowest BCUT2D eigenvalue weighted by Gasteiger charge is -2.25. The topological polar surface area (TPSA) is 96.5 Å². The van der Waals surface area contributed by atoms with Crippen molar-refractivity contribution in [3.05, 3.63) is 38.6 Å². The number of hydrogen-bond acceptors (Lipinski definition) is 9. The van der Waals surface area contributed by atoms with Gasteiger partial charge in [-0.1, -0.05) is 11.6 Å². The van der Waals surface area contributed by atoms with Crippen LogP contribution in [0.2, 0.25) is 4.34 Å². The summed E-state index contributed by atoms with van der Waals surface area (Å²) in [5, 5.41) is 4.75. The molecule has 0 bridgehead atoms. The standard InChI is InChI=1S/C16H14ClN5O3S3/c17-12-2-1-11(28-12)15-18-9(7-26-15)13(23)20-21-14(24)10-8-27-16(19-10)22-3-5-25-6-4-22/h1-2,7-8H,3-6H2,(H,20,23)(H,21,24). The van der Waals surface area contributed by atoms with E-state index in [9.17, 15) is 9.59 Å². The molecule has 1 fully saturated rings. The first-order valence-corrected chi connectivity index (χ1v) is 11.2. The maximum Gasteiger partial charge on any atom is 0.289 e. The van der Waals surface area contributed by atoms with Crippen molar-refractivity contribution < 1.29 is 14.3 Å². The molecule has 0 aliphatic carbocycles. The third kappa shape index (κ3) is 4.33. The van der Waals surface area contributed by atoms with Crippen LogP contribution in [0.4, 0.5) is 5.13 Å². The molecule has 2 amide bonds. The quantitative estimate of drug-likeness (QED) is 0.587. The van der Waals surface area contributed by atoms with Crippen molar-refractivity contribution in [3.63, 3.8) is 0 Å². The molecule has 0 atom stereocenters. The van der Waals surface area contributed by atoms with Crippen LogP contribution >= 0.6 is 45.6 Å². The highest BCUT2D eigenvalue weighted by Crippen LogP contribution is 2.32. The fourth-order valence-corrected chi connectivity index (χ4v) is 5.21. The summed E-state index contributed by atoms with van der Waals surface area (Å²) in [7, 11) is 0. The van der Waals surface area contributed by atoms with Gasteiger partial charge in [-0.2, -0.15) is 0 Å². The molecule has 0 unspecified atom stereocenters. The monoisotopic (exact) mass is 455 g/mol. The fraction of sp³-hybridized carbons (Fsp3) is 0.250. The summed E-state index contributed by atoms with van der Waals surface area (Å²) in [4.78, 5) is 36.1. The van der Waals surface area contributed by atoms with Crippen LogP contribution < -0.4 is 15.8 Å². The molecular weight excluding hydrogens is 442 g/mol. The number of nitrogens with zero attached hydrogens (tertiary/aromatic N) is 3. The van der Waals surface area contributed by atoms with Crippen molar-refractivity contribution in [2.24, 2.45) is 0 Å². The van der Waals surface area contributed by atoms with E-state index in [1.165, 1.54) is 34.0 Å². The lowest BCUT2D eigenvalue weighted by molar-refractivity contribution is 0.0842. The second kappa shape index (κ2) is 8.53. The number of anilines is 1. The predicted molar refractivity (Wildman–Crippen MR) is 111 cm³/mol. The highest BCUT2D eigenvalue weighted by Gasteiger charge is 2.19. The Morgan fingerprint density at radius 3 is 2.39 bits per heavy atom. The lowest BCUT2D eigenvalue weighted by atomic mass is 10.4. The molecule has 1 aliphatic rings. The zero-order chi connectivity index (χ0) is 19.5. The molecule has 0 spiro atoms. The molecule has 0 saturated carbocycles. The summed E-state index contributed by atoms with van der Waals surface area (Å²) < 4.78 is 5.97. The summed E-state index contributed by atoms with van der Waals surface area (Å²) in [5.74, 6) is -0.980. The molecule has 3 aromatic rings. The molecule has 0 aromatic carbocycles. The molecule has 1 saturated heterocycles. The number of nitrogens with one attached hydrogen (secondary N) is 2. The highest BCUT2D eigenvalue weighted by molar-refractivity contribution is 7.23. The van der Waals surface area contributed by atoms with Gasteiger partial charge in [0.25, 0.3) is 11.8 Å². The summed E-state index contributed by atoms with van der Waals surface area (Å²) in [6, 6.07) is 3.63. The van der Waals surface area contributed by atoms with Crippen LogP contribution in [0.5, 0.6) is 0 Å². The number of rotatable bonds is 4. The first kappa shape index (κ1) is 19.3. The minimum absolute atomic E-state index is 0.220. The molecule has 3 aromatic heterocycles. The molecule has 0 radical (unpaired) electrons. The second-order valence-electron chi connectivity index (χ2n) is 5.66. The van der Waals surface area contributed by atoms with Crippen LogP contribution in [-0.4, -0.2) is 48.1 Å². The van der Waals surface area contributed by atoms with Crippen molar-refractivity contribution in [2.75, 3.05) is 31.2 Å². The number of hydrogen-bond donors (Lipinski definition) is 2. The van der Waals surface area contributed by atoms with Crippen LogP contribution in [-0.2, 0) is 4.74 Å². The van der Waals surface area contributed by atoms with Gasteiger partial charge >= 0.3 is 0 Å². The van der Waals surface area contributed by atoms with E-state index in [4.69, 9.17) is 16.3 Å². The van der Waals surface area contributed by atoms with Gasteiger partial charge in [0.1, 0.15) is 16.4 Å².